The summed E-state index contributed by atoms with van der Waals surface area (Å²) in [5.41, 5.74) is 2.95. The average molecular weight is 472 g/mol. The van der Waals surface area contributed by atoms with E-state index in [4.69, 9.17) is 0 Å². The second kappa shape index (κ2) is 9.70. The van der Waals surface area contributed by atoms with Crippen molar-refractivity contribution in [1.82, 2.24) is 20.0 Å². The maximum atomic E-state index is 13.1. The molecule has 8 nitrogen and oxygen atoms in total. The van der Waals surface area contributed by atoms with Crippen molar-refractivity contribution in [2.45, 2.75) is 25.7 Å². The molecular weight excluding hydrogens is 445 g/mol. The van der Waals surface area contributed by atoms with Crippen molar-refractivity contribution in [2.75, 3.05) is 25.9 Å². The third-order valence-corrected chi connectivity index (χ3v) is 6.79. The number of allylic oxidation sites excluding steroid dienone is 2. The third kappa shape index (κ3) is 5.57. The molecule has 0 fully saturated rings. The number of halogens is 1. The smallest absolute Gasteiger partial charge is 0.257 e. The van der Waals surface area contributed by atoms with Crippen LogP contribution in [0.4, 0.5) is 4.39 Å². The lowest BCUT2D eigenvalue weighted by Gasteiger charge is -2.30. The standard InChI is InChI=1S/C23H26FN5O3S/c1-28(23(30)20-7-5-13-29-14-15-33(31,32)27-22(20)29)12-4-2-3-6-19-16-21(26-25-19)17-8-10-18(24)11-9-17/h5,7-11,13,16H,2-4,6,12,14-15H2,1H3,(H,25,26). The molecule has 33 heavy (non-hydrogen) atoms. The Morgan fingerprint density at radius 1 is 1.21 bits per heavy atom. The van der Waals surface area contributed by atoms with Gasteiger partial charge in [-0.05, 0) is 61.7 Å². The summed E-state index contributed by atoms with van der Waals surface area (Å²) >= 11 is 0. The van der Waals surface area contributed by atoms with E-state index in [-0.39, 0.29) is 23.3 Å². The number of hydrogen-bond acceptors (Lipinski definition) is 5. The minimum absolute atomic E-state index is 0.0557. The van der Waals surface area contributed by atoms with Crippen molar-refractivity contribution in [3.05, 3.63) is 65.8 Å². The van der Waals surface area contributed by atoms with Gasteiger partial charge < -0.3 is 9.80 Å². The Morgan fingerprint density at radius 3 is 2.79 bits per heavy atom. The molecule has 1 aromatic carbocycles. The van der Waals surface area contributed by atoms with Gasteiger partial charge in [0.2, 0.25) is 0 Å². The summed E-state index contributed by atoms with van der Waals surface area (Å²) in [5, 5.41) is 7.32. The van der Waals surface area contributed by atoms with E-state index in [2.05, 4.69) is 14.6 Å². The van der Waals surface area contributed by atoms with E-state index in [1.807, 2.05) is 6.07 Å². The number of fused-ring (bicyclic) bond motifs is 1. The zero-order chi connectivity index (χ0) is 23.4. The molecule has 0 aliphatic carbocycles. The minimum Gasteiger partial charge on any atom is -0.342 e. The molecule has 0 saturated heterocycles. The van der Waals surface area contributed by atoms with Gasteiger partial charge in [-0.3, -0.25) is 9.89 Å². The number of hydrogen-bond donors (Lipinski definition) is 1. The summed E-state index contributed by atoms with van der Waals surface area (Å²) in [5.74, 6) is -0.363. The Balaban J connectivity index is 1.24. The summed E-state index contributed by atoms with van der Waals surface area (Å²) in [7, 11) is -1.82. The van der Waals surface area contributed by atoms with Gasteiger partial charge in [0.1, 0.15) is 5.82 Å². The number of rotatable bonds is 8. The largest absolute Gasteiger partial charge is 0.342 e. The number of H-pyrrole nitrogens is 1. The van der Waals surface area contributed by atoms with Crippen LogP contribution in [0.25, 0.3) is 11.3 Å². The normalized spacial score (nSPS) is 16.7. The first-order valence-electron chi connectivity index (χ1n) is 10.9. The molecule has 0 saturated carbocycles. The fourth-order valence-electron chi connectivity index (χ4n) is 3.79. The zero-order valence-electron chi connectivity index (χ0n) is 18.4. The number of amides is 1. The van der Waals surface area contributed by atoms with Crippen LogP contribution in [0.1, 0.15) is 25.0 Å². The molecule has 2 aromatic rings. The highest BCUT2D eigenvalue weighted by Crippen LogP contribution is 2.20. The molecule has 4 rings (SSSR count). The van der Waals surface area contributed by atoms with Crippen molar-refractivity contribution >= 4 is 21.8 Å². The molecule has 0 spiro atoms. The first kappa shape index (κ1) is 22.9. The van der Waals surface area contributed by atoms with Gasteiger partial charge in [-0.1, -0.05) is 6.42 Å². The maximum Gasteiger partial charge on any atom is 0.257 e. The summed E-state index contributed by atoms with van der Waals surface area (Å²) in [4.78, 5) is 16.2. The quantitative estimate of drug-likeness (QED) is 0.597. The Labute approximate surface area is 192 Å². The fraction of sp³-hybridized carbons (Fsp3) is 0.348. The topological polar surface area (TPSA) is 98.7 Å². The summed E-state index contributed by atoms with van der Waals surface area (Å²) in [6.45, 7) is 0.853. The molecule has 0 atom stereocenters. The Hall–Kier alpha value is -3.27. The SMILES string of the molecule is CN(CCCCCc1cc(-c2ccc(F)cc2)n[nH]1)C(=O)C1=CC=CN2CCS(=O)(=O)N=C12. The highest BCUT2D eigenvalue weighted by atomic mass is 32.2. The van der Waals surface area contributed by atoms with Crippen molar-refractivity contribution < 1.29 is 17.6 Å². The predicted molar refractivity (Wildman–Crippen MR) is 124 cm³/mol. The molecule has 1 N–H and O–H groups in total. The number of likely N-dealkylation sites (N-methyl/N-ethyl adjacent to an activating group) is 1. The summed E-state index contributed by atoms with van der Waals surface area (Å²) in [6.07, 6.45) is 8.58. The third-order valence-electron chi connectivity index (χ3n) is 5.65. The van der Waals surface area contributed by atoms with Gasteiger partial charge in [-0.15, -0.1) is 4.40 Å². The highest BCUT2D eigenvalue weighted by Gasteiger charge is 2.31. The van der Waals surface area contributed by atoms with E-state index >= 15 is 0 Å². The predicted octanol–water partition coefficient (Wildman–Crippen LogP) is 2.88. The van der Waals surface area contributed by atoms with Crippen molar-refractivity contribution in [3.8, 4) is 11.3 Å². The number of carbonyl (C=O) groups excluding carboxylic acids is 1. The number of nitrogens with zero attached hydrogens (tertiary/aromatic N) is 4. The van der Waals surface area contributed by atoms with Gasteiger partial charge in [0, 0.05) is 37.6 Å². The fourth-order valence-corrected chi connectivity index (χ4v) is 4.78. The van der Waals surface area contributed by atoms with Gasteiger partial charge in [0.05, 0.1) is 17.0 Å². The van der Waals surface area contributed by atoms with Gasteiger partial charge in [0.25, 0.3) is 15.9 Å². The van der Waals surface area contributed by atoms with Crippen LogP contribution in [-0.2, 0) is 21.2 Å². The summed E-state index contributed by atoms with van der Waals surface area (Å²) in [6, 6.07) is 8.20. The van der Waals surface area contributed by atoms with Crippen LogP contribution in [0.15, 0.2) is 58.7 Å². The van der Waals surface area contributed by atoms with Gasteiger partial charge in [0.15, 0.2) is 5.84 Å². The Kier molecular flexibility index (Phi) is 6.73. The van der Waals surface area contributed by atoms with Crippen molar-refractivity contribution in [1.29, 1.82) is 0 Å². The number of aryl methyl sites for hydroxylation is 1. The number of amidine groups is 1. The summed E-state index contributed by atoms with van der Waals surface area (Å²) < 4.78 is 40.7. The lowest BCUT2D eigenvalue weighted by molar-refractivity contribution is -0.125. The lowest BCUT2D eigenvalue weighted by Crippen LogP contribution is -2.42. The maximum absolute atomic E-state index is 13.1. The van der Waals surface area contributed by atoms with Crippen LogP contribution >= 0.6 is 0 Å². The Bertz CT molecular complexity index is 1210. The van der Waals surface area contributed by atoms with E-state index in [1.165, 1.54) is 12.1 Å². The first-order valence-corrected chi connectivity index (χ1v) is 12.5. The van der Waals surface area contributed by atoms with Gasteiger partial charge in [-0.25, -0.2) is 12.8 Å². The van der Waals surface area contributed by atoms with Crippen LogP contribution in [0, 0.1) is 5.82 Å². The minimum atomic E-state index is -3.54. The molecule has 0 unspecified atom stereocenters. The monoisotopic (exact) mass is 471 g/mol. The molecule has 1 aromatic heterocycles. The van der Waals surface area contributed by atoms with Crippen molar-refractivity contribution in [3.63, 3.8) is 0 Å². The second-order valence-corrected chi connectivity index (χ2v) is 9.89. The van der Waals surface area contributed by atoms with Crippen molar-refractivity contribution in [2.24, 2.45) is 4.40 Å². The van der Waals surface area contributed by atoms with Crippen LogP contribution < -0.4 is 0 Å². The van der Waals surface area contributed by atoms with E-state index in [0.717, 1.165) is 42.6 Å². The Morgan fingerprint density at radius 2 is 2.00 bits per heavy atom. The number of unbranched alkanes of at least 4 members (excludes halogenated alkanes) is 2. The number of aromatic nitrogens is 2. The molecule has 3 heterocycles. The second-order valence-electron chi connectivity index (χ2n) is 8.14. The molecule has 174 valence electrons. The van der Waals surface area contributed by atoms with Crippen LogP contribution in [0.2, 0.25) is 0 Å². The van der Waals surface area contributed by atoms with Crippen LogP contribution in [-0.4, -0.2) is 66.0 Å². The van der Waals surface area contributed by atoms with Gasteiger partial charge >= 0.3 is 0 Å². The molecular formula is C23H26FN5O3S. The highest BCUT2D eigenvalue weighted by molar-refractivity contribution is 7.90. The number of aromatic amines is 1. The number of sulfonamides is 1. The lowest BCUT2D eigenvalue weighted by atomic mass is 10.1. The van der Waals surface area contributed by atoms with E-state index in [0.29, 0.717) is 18.7 Å². The molecule has 2 aliphatic heterocycles. The van der Waals surface area contributed by atoms with E-state index < -0.39 is 10.0 Å². The molecule has 0 radical (unpaired) electrons. The number of nitrogens with one attached hydrogen (secondary N) is 1. The van der Waals surface area contributed by atoms with Crippen LogP contribution in [0.3, 0.4) is 0 Å². The molecule has 1 amide bonds. The molecule has 10 heteroatoms. The number of carbonyl (C=O) groups is 1. The van der Waals surface area contributed by atoms with E-state index in [1.54, 1.807) is 47.3 Å². The zero-order valence-corrected chi connectivity index (χ0v) is 19.2. The van der Waals surface area contributed by atoms with Crippen LogP contribution in [0.5, 0.6) is 0 Å². The average Bonchev–Trinajstić information content (AvgIpc) is 3.26. The van der Waals surface area contributed by atoms with E-state index in [9.17, 15) is 17.6 Å². The number of benzene rings is 1. The van der Waals surface area contributed by atoms with Gasteiger partial charge in [-0.2, -0.15) is 5.10 Å². The molecule has 0 bridgehead atoms. The first-order chi connectivity index (χ1) is 15.8. The molecule has 2 aliphatic rings.